The van der Waals surface area contributed by atoms with Crippen LogP contribution in [0.15, 0.2) is 0 Å². The van der Waals surface area contributed by atoms with E-state index in [0.29, 0.717) is 19.3 Å². The van der Waals surface area contributed by atoms with E-state index in [4.69, 9.17) is 9.47 Å². The van der Waals surface area contributed by atoms with Gasteiger partial charge in [-0.2, -0.15) is 0 Å². The molecule has 1 N–H and O–H groups in total. The molecular weight excluding hydrogens is 228 g/mol. The Kier molecular flexibility index (Phi) is 6.09. The summed E-state index contributed by atoms with van der Waals surface area (Å²) < 4.78 is 11.4. The Hall–Kier alpha value is -0.120. The lowest BCUT2D eigenvalue weighted by atomic mass is 9.68. The van der Waals surface area contributed by atoms with Crippen LogP contribution in [0.1, 0.15) is 52.9 Å². The summed E-state index contributed by atoms with van der Waals surface area (Å²) in [7, 11) is 1.69. The number of hydrogen-bond acceptors (Lipinski definition) is 3. The van der Waals surface area contributed by atoms with Crippen molar-refractivity contribution in [2.24, 2.45) is 10.8 Å². The highest BCUT2D eigenvalue weighted by atomic mass is 16.5. The van der Waals surface area contributed by atoms with Crippen LogP contribution >= 0.6 is 0 Å². The highest BCUT2D eigenvalue weighted by Crippen LogP contribution is 2.39. The molecule has 1 aliphatic rings. The summed E-state index contributed by atoms with van der Waals surface area (Å²) in [6.45, 7) is 7.67. The van der Waals surface area contributed by atoms with Crippen molar-refractivity contribution in [1.82, 2.24) is 0 Å². The fourth-order valence-corrected chi connectivity index (χ4v) is 2.59. The van der Waals surface area contributed by atoms with E-state index >= 15 is 0 Å². The SMILES string of the molecule is COCC(CO)(COC1CCCCC1)C(C)(C)C. The molecule has 1 atom stereocenters. The molecule has 1 saturated carbocycles. The van der Waals surface area contributed by atoms with Gasteiger partial charge in [0.2, 0.25) is 0 Å². The van der Waals surface area contributed by atoms with Crippen LogP contribution in [0.5, 0.6) is 0 Å². The zero-order valence-electron chi connectivity index (χ0n) is 12.5. The fourth-order valence-electron chi connectivity index (χ4n) is 2.59. The van der Waals surface area contributed by atoms with Gasteiger partial charge in [-0.05, 0) is 18.3 Å². The molecule has 0 heterocycles. The Morgan fingerprint density at radius 1 is 1.06 bits per heavy atom. The quantitative estimate of drug-likeness (QED) is 0.796. The zero-order valence-corrected chi connectivity index (χ0v) is 12.5. The number of aliphatic hydroxyl groups excluding tert-OH is 1. The molecule has 1 aliphatic carbocycles. The number of ether oxygens (including phenoxy) is 2. The summed E-state index contributed by atoms with van der Waals surface area (Å²) in [4.78, 5) is 0. The molecule has 0 aliphatic heterocycles. The van der Waals surface area contributed by atoms with Crippen molar-refractivity contribution < 1.29 is 14.6 Å². The Labute approximate surface area is 112 Å². The first kappa shape index (κ1) is 15.9. The predicted molar refractivity (Wildman–Crippen MR) is 73.7 cm³/mol. The van der Waals surface area contributed by atoms with Gasteiger partial charge in [0.25, 0.3) is 0 Å². The normalized spacial score (nSPS) is 21.8. The first-order chi connectivity index (χ1) is 8.45. The van der Waals surface area contributed by atoms with Gasteiger partial charge in [-0.15, -0.1) is 0 Å². The smallest absolute Gasteiger partial charge is 0.0575 e. The van der Waals surface area contributed by atoms with Crippen molar-refractivity contribution in [3.63, 3.8) is 0 Å². The van der Waals surface area contributed by atoms with Crippen LogP contribution in [0.3, 0.4) is 0 Å². The summed E-state index contributed by atoms with van der Waals surface area (Å²) in [6.07, 6.45) is 6.59. The molecule has 0 aromatic heterocycles. The Morgan fingerprint density at radius 3 is 2.11 bits per heavy atom. The van der Waals surface area contributed by atoms with Gasteiger partial charge in [0.15, 0.2) is 0 Å². The topological polar surface area (TPSA) is 38.7 Å². The highest BCUT2D eigenvalue weighted by molar-refractivity contribution is 4.90. The minimum atomic E-state index is -0.306. The number of methoxy groups -OCH3 is 1. The molecule has 0 aromatic rings. The third kappa shape index (κ3) is 3.94. The molecule has 1 rings (SSSR count). The molecular formula is C15H30O3. The monoisotopic (exact) mass is 258 g/mol. The van der Waals surface area contributed by atoms with E-state index in [-0.39, 0.29) is 17.4 Å². The minimum Gasteiger partial charge on any atom is -0.396 e. The molecule has 108 valence electrons. The summed E-state index contributed by atoms with van der Waals surface area (Å²) in [6, 6.07) is 0. The third-order valence-electron chi connectivity index (χ3n) is 4.46. The maximum absolute atomic E-state index is 9.81. The van der Waals surface area contributed by atoms with Crippen LogP contribution in [-0.4, -0.2) is 38.1 Å². The van der Waals surface area contributed by atoms with E-state index in [1.807, 2.05) is 0 Å². The second-order valence-electron chi connectivity index (χ2n) is 6.69. The van der Waals surface area contributed by atoms with Crippen molar-refractivity contribution >= 4 is 0 Å². The first-order valence-corrected chi connectivity index (χ1v) is 7.16. The van der Waals surface area contributed by atoms with Gasteiger partial charge >= 0.3 is 0 Å². The van der Waals surface area contributed by atoms with Crippen LogP contribution in [0.2, 0.25) is 0 Å². The highest BCUT2D eigenvalue weighted by Gasteiger charge is 2.42. The molecule has 18 heavy (non-hydrogen) atoms. The Balaban J connectivity index is 2.59. The van der Waals surface area contributed by atoms with E-state index in [1.165, 1.54) is 32.1 Å². The standard InChI is InChI=1S/C15H30O3/c1-14(2,3)15(10-16,11-17-4)12-18-13-8-6-5-7-9-13/h13,16H,5-12H2,1-4H3. The number of aliphatic hydroxyl groups is 1. The van der Waals surface area contributed by atoms with Crippen LogP contribution in [0.25, 0.3) is 0 Å². The summed E-state index contributed by atoms with van der Waals surface area (Å²) in [5, 5.41) is 9.81. The lowest BCUT2D eigenvalue weighted by Crippen LogP contribution is -2.47. The molecule has 1 fully saturated rings. The van der Waals surface area contributed by atoms with E-state index in [1.54, 1.807) is 7.11 Å². The first-order valence-electron chi connectivity index (χ1n) is 7.16. The van der Waals surface area contributed by atoms with Crippen molar-refractivity contribution in [3.05, 3.63) is 0 Å². The van der Waals surface area contributed by atoms with Crippen LogP contribution in [0.4, 0.5) is 0 Å². The van der Waals surface area contributed by atoms with Crippen molar-refractivity contribution in [2.75, 3.05) is 26.9 Å². The lowest BCUT2D eigenvalue weighted by molar-refractivity contribution is -0.121. The molecule has 0 radical (unpaired) electrons. The van der Waals surface area contributed by atoms with Crippen molar-refractivity contribution in [2.45, 2.75) is 59.0 Å². The van der Waals surface area contributed by atoms with Gasteiger partial charge < -0.3 is 14.6 Å². The van der Waals surface area contributed by atoms with Gasteiger partial charge in [0, 0.05) is 12.5 Å². The molecule has 0 aromatic carbocycles. The predicted octanol–water partition coefficient (Wildman–Crippen LogP) is 3.01. The second-order valence-corrected chi connectivity index (χ2v) is 6.69. The molecule has 1 unspecified atom stereocenters. The van der Waals surface area contributed by atoms with Crippen LogP contribution in [0, 0.1) is 10.8 Å². The number of hydrogen-bond donors (Lipinski definition) is 1. The summed E-state index contributed by atoms with van der Waals surface area (Å²) >= 11 is 0. The average Bonchev–Trinajstić information content (AvgIpc) is 2.34. The summed E-state index contributed by atoms with van der Waals surface area (Å²) in [5.74, 6) is 0. The second kappa shape index (κ2) is 6.88. The minimum absolute atomic E-state index is 0.0353. The third-order valence-corrected chi connectivity index (χ3v) is 4.46. The van der Waals surface area contributed by atoms with Crippen LogP contribution in [-0.2, 0) is 9.47 Å². The average molecular weight is 258 g/mol. The molecule has 0 bridgehead atoms. The van der Waals surface area contributed by atoms with Gasteiger partial charge in [0.05, 0.1) is 25.9 Å². The van der Waals surface area contributed by atoms with E-state index in [0.717, 1.165) is 0 Å². The van der Waals surface area contributed by atoms with E-state index in [9.17, 15) is 5.11 Å². The van der Waals surface area contributed by atoms with Crippen LogP contribution < -0.4 is 0 Å². The zero-order chi connectivity index (χ0) is 13.6. The molecule has 0 spiro atoms. The summed E-state index contributed by atoms with van der Waals surface area (Å²) in [5.41, 5.74) is -0.342. The fraction of sp³-hybridized carbons (Fsp3) is 1.00. The van der Waals surface area contributed by atoms with Crippen molar-refractivity contribution in [1.29, 1.82) is 0 Å². The van der Waals surface area contributed by atoms with E-state index < -0.39 is 0 Å². The maximum atomic E-state index is 9.81. The van der Waals surface area contributed by atoms with Gasteiger partial charge in [0.1, 0.15) is 0 Å². The number of rotatable bonds is 6. The van der Waals surface area contributed by atoms with Gasteiger partial charge in [-0.3, -0.25) is 0 Å². The molecule has 3 nitrogen and oxygen atoms in total. The van der Waals surface area contributed by atoms with Gasteiger partial charge in [-0.25, -0.2) is 0 Å². The molecule has 0 amide bonds. The maximum Gasteiger partial charge on any atom is 0.0575 e. The lowest BCUT2D eigenvalue weighted by Gasteiger charge is -2.43. The molecule has 0 saturated heterocycles. The van der Waals surface area contributed by atoms with Gasteiger partial charge in [-0.1, -0.05) is 40.0 Å². The van der Waals surface area contributed by atoms with E-state index in [2.05, 4.69) is 20.8 Å². The Morgan fingerprint density at radius 2 is 1.67 bits per heavy atom. The Bertz CT molecular complexity index is 228. The molecule has 3 heteroatoms. The largest absolute Gasteiger partial charge is 0.396 e. The van der Waals surface area contributed by atoms with Crippen molar-refractivity contribution in [3.8, 4) is 0 Å².